The Bertz CT molecular complexity index is 1390. The van der Waals surface area contributed by atoms with E-state index in [9.17, 15) is 18.0 Å². The summed E-state index contributed by atoms with van der Waals surface area (Å²) in [7, 11) is -2.53. The fourth-order valence-electron chi connectivity index (χ4n) is 4.68. The van der Waals surface area contributed by atoms with Crippen LogP contribution in [-0.4, -0.2) is 55.1 Å². The second-order valence-electron chi connectivity index (χ2n) is 9.59. The highest BCUT2D eigenvalue weighted by molar-refractivity contribution is 9.10. The van der Waals surface area contributed by atoms with Crippen LogP contribution in [0, 0.1) is 0 Å². The quantitative estimate of drug-likeness (QED) is 0.394. The van der Waals surface area contributed by atoms with Crippen molar-refractivity contribution in [1.82, 2.24) is 14.5 Å². The molecule has 3 aromatic rings. The van der Waals surface area contributed by atoms with Crippen molar-refractivity contribution in [3.63, 3.8) is 0 Å². The molecule has 0 unspecified atom stereocenters. The van der Waals surface area contributed by atoms with Gasteiger partial charge < -0.3 is 10.2 Å². The van der Waals surface area contributed by atoms with E-state index in [0.717, 1.165) is 50.8 Å². The average Bonchev–Trinajstić information content (AvgIpc) is 3.39. The molecule has 196 valence electrons. The van der Waals surface area contributed by atoms with Crippen LogP contribution >= 0.6 is 15.9 Å². The summed E-state index contributed by atoms with van der Waals surface area (Å²) in [4.78, 5) is 28.2. The highest BCUT2D eigenvalue weighted by atomic mass is 79.9. The molecule has 0 radical (unpaired) electrons. The predicted molar refractivity (Wildman–Crippen MR) is 148 cm³/mol. The van der Waals surface area contributed by atoms with Crippen molar-refractivity contribution in [2.24, 2.45) is 0 Å². The fourth-order valence-corrected chi connectivity index (χ4v) is 6.28. The van der Waals surface area contributed by atoms with Gasteiger partial charge in [-0.1, -0.05) is 71.2 Å². The topological polar surface area (TPSA) is 86.8 Å². The minimum atomic E-state index is -3.93. The second-order valence-corrected chi connectivity index (χ2v) is 12.5. The van der Waals surface area contributed by atoms with E-state index in [-0.39, 0.29) is 29.9 Å². The van der Waals surface area contributed by atoms with Gasteiger partial charge in [0, 0.05) is 24.1 Å². The Morgan fingerprint density at radius 2 is 1.70 bits per heavy atom. The Morgan fingerprint density at radius 3 is 2.41 bits per heavy atom. The zero-order chi connectivity index (χ0) is 26.6. The number of carbonyl (C=O) groups excluding carboxylic acids is 2. The van der Waals surface area contributed by atoms with E-state index in [1.54, 1.807) is 25.1 Å². The summed E-state index contributed by atoms with van der Waals surface area (Å²) in [5.41, 5.74) is 0.836. The molecule has 0 bridgehead atoms. The molecule has 0 aliphatic heterocycles. The number of carbonyl (C=O) groups is 2. The molecule has 1 N–H and O–H groups in total. The summed E-state index contributed by atoms with van der Waals surface area (Å²) < 4.78 is 28.6. The van der Waals surface area contributed by atoms with Gasteiger partial charge in [-0.05, 0) is 60.4 Å². The minimum absolute atomic E-state index is 0.118. The number of hydrogen-bond acceptors (Lipinski definition) is 4. The van der Waals surface area contributed by atoms with E-state index < -0.39 is 22.0 Å². The van der Waals surface area contributed by atoms with Gasteiger partial charge in [0.25, 0.3) is 0 Å². The molecule has 1 saturated carbocycles. The minimum Gasteiger partial charge on any atom is -0.352 e. The highest BCUT2D eigenvalue weighted by Gasteiger charge is 2.31. The van der Waals surface area contributed by atoms with E-state index in [4.69, 9.17) is 0 Å². The fraction of sp³-hybridized carbons (Fsp3) is 0.357. The zero-order valence-corrected chi connectivity index (χ0v) is 23.5. The summed E-state index contributed by atoms with van der Waals surface area (Å²) in [6.07, 6.45) is 4.03. The molecule has 1 fully saturated rings. The lowest BCUT2D eigenvalue weighted by Gasteiger charge is -2.31. The van der Waals surface area contributed by atoms with Crippen molar-refractivity contribution in [2.75, 3.05) is 13.6 Å². The van der Waals surface area contributed by atoms with E-state index in [1.165, 1.54) is 11.9 Å². The molecule has 7 nitrogen and oxygen atoms in total. The Kier molecular flexibility index (Phi) is 8.67. The summed E-state index contributed by atoms with van der Waals surface area (Å²) >= 11 is 3.45. The largest absolute Gasteiger partial charge is 0.352 e. The predicted octanol–water partition coefficient (Wildman–Crippen LogP) is 4.70. The Labute approximate surface area is 227 Å². The summed E-state index contributed by atoms with van der Waals surface area (Å²) in [5, 5.41) is 4.80. The number of rotatable bonds is 9. The van der Waals surface area contributed by atoms with Gasteiger partial charge in [0.1, 0.15) is 6.04 Å². The van der Waals surface area contributed by atoms with Gasteiger partial charge in [0.05, 0.1) is 11.4 Å². The molecule has 37 heavy (non-hydrogen) atoms. The monoisotopic (exact) mass is 585 g/mol. The van der Waals surface area contributed by atoms with Crippen molar-refractivity contribution < 1.29 is 18.0 Å². The molecule has 9 heteroatoms. The number of fused-ring (bicyclic) bond motifs is 1. The number of amides is 2. The number of sulfonamides is 1. The standard InChI is InChI=1S/C28H32BrN3O4S/c1-20(28(34)30-25-12-5-6-13-25)32(18-21-8-7-11-24(29)16-21)27(33)19-31(2)37(35,36)26-15-14-22-9-3-4-10-23(22)17-26/h3-4,7-11,14-17,20,25H,5-6,12-13,18-19H2,1-2H3,(H,30,34)/t20-/m1/s1. The summed E-state index contributed by atoms with van der Waals surface area (Å²) in [5.74, 6) is -0.670. The van der Waals surface area contributed by atoms with Crippen LogP contribution < -0.4 is 5.32 Å². The first-order valence-electron chi connectivity index (χ1n) is 12.4. The first kappa shape index (κ1) is 27.3. The van der Waals surface area contributed by atoms with Crippen LogP contribution in [0.2, 0.25) is 0 Å². The van der Waals surface area contributed by atoms with E-state index in [0.29, 0.717) is 0 Å². The SMILES string of the molecule is C[C@H](C(=O)NC1CCCC1)N(Cc1cccc(Br)c1)C(=O)CN(C)S(=O)(=O)c1ccc2ccccc2c1. The van der Waals surface area contributed by atoms with Gasteiger partial charge in [-0.3, -0.25) is 9.59 Å². The number of nitrogens with one attached hydrogen (secondary N) is 1. The van der Waals surface area contributed by atoms with Gasteiger partial charge in [-0.2, -0.15) is 4.31 Å². The van der Waals surface area contributed by atoms with Crippen LogP contribution in [0.25, 0.3) is 10.8 Å². The first-order chi connectivity index (χ1) is 17.6. The number of likely N-dealkylation sites (N-methyl/N-ethyl adjacent to an activating group) is 1. The van der Waals surface area contributed by atoms with Crippen molar-refractivity contribution in [2.45, 2.75) is 56.1 Å². The molecule has 2 amide bonds. The first-order valence-corrected chi connectivity index (χ1v) is 14.7. The molecular formula is C28H32BrN3O4S. The number of halogens is 1. The van der Waals surface area contributed by atoms with Crippen molar-refractivity contribution in [3.05, 3.63) is 76.8 Å². The molecule has 1 atom stereocenters. The van der Waals surface area contributed by atoms with Gasteiger partial charge in [0.2, 0.25) is 21.8 Å². The number of nitrogens with zero attached hydrogens (tertiary/aromatic N) is 2. The lowest BCUT2D eigenvalue weighted by atomic mass is 10.1. The Balaban J connectivity index is 1.54. The molecule has 0 heterocycles. The number of benzene rings is 3. The van der Waals surface area contributed by atoms with Crippen molar-refractivity contribution >= 4 is 48.5 Å². The maximum atomic E-state index is 13.5. The van der Waals surface area contributed by atoms with Crippen LogP contribution in [0.3, 0.4) is 0 Å². The molecule has 1 aliphatic carbocycles. The summed E-state index contributed by atoms with van der Waals surface area (Å²) in [6, 6.07) is 19.3. The smallest absolute Gasteiger partial charge is 0.243 e. The molecule has 4 rings (SSSR count). The van der Waals surface area contributed by atoms with Crippen LogP contribution in [-0.2, 0) is 26.2 Å². The molecule has 3 aromatic carbocycles. The molecule has 0 spiro atoms. The zero-order valence-electron chi connectivity index (χ0n) is 21.1. The van der Waals surface area contributed by atoms with Crippen LogP contribution in [0.5, 0.6) is 0 Å². The summed E-state index contributed by atoms with van der Waals surface area (Å²) in [6.45, 7) is 1.49. The Morgan fingerprint density at radius 1 is 1.00 bits per heavy atom. The van der Waals surface area contributed by atoms with Crippen LogP contribution in [0.1, 0.15) is 38.2 Å². The molecule has 0 aromatic heterocycles. The molecule has 0 saturated heterocycles. The van der Waals surface area contributed by atoms with Crippen molar-refractivity contribution in [3.8, 4) is 0 Å². The van der Waals surface area contributed by atoms with Gasteiger partial charge >= 0.3 is 0 Å². The van der Waals surface area contributed by atoms with Crippen LogP contribution in [0.4, 0.5) is 0 Å². The Hall–Kier alpha value is -2.75. The molecular weight excluding hydrogens is 554 g/mol. The van der Waals surface area contributed by atoms with Gasteiger partial charge in [0.15, 0.2) is 0 Å². The second kappa shape index (κ2) is 11.8. The molecule has 1 aliphatic rings. The van der Waals surface area contributed by atoms with Gasteiger partial charge in [-0.15, -0.1) is 0 Å². The van der Waals surface area contributed by atoms with E-state index in [1.807, 2.05) is 48.5 Å². The lowest BCUT2D eigenvalue weighted by Crippen LogP contribution is -2.52. The van der Waals surface area contributed by atoms with Gasteiger partial charge in [-0.25, -0.2) is 8.42 Å². The maximum Gasteiger partial charge on any atom is 0.243 e. The number of hydrogen-bond donors (Lipinski definition) is 1. The average molecular weight is 587 g/mol. The normalized spacial score (nSPS) is 15.1. The third kappa shape index (κ3) is 6.58. The van der Waals surface area contributed by atoms with E-state index in [2.05, 4.69) is 21.2 Å². The van der Waals surface area contributed by atoms with E-state index >= 15 is 0 Å². The van der Waals surface area contributed by atoms with Crippen LogP contribution in [0.15, 0.2) is 76.1 Å². The third-order valence-corrected chi connectivity index (χ3v) is 9.19. The third-order valence-electron chi connectivity index (χ3n) is 6.90. The van der Waals surface area contributed by atoms with Crippen molar-refractivity contribution in [1.29, 1.82) is 0 Å². The lowest BCUT2D eigenvalue weighted by molar-refractivity contribution is -0.140. The highest BCUT2D eigenvalue weighted by Crippen LogP contribution is 2.23. The maximum absolute atomic E-state index is 13.5.